The number of amides is 1. The van der Waals surface area contributed by atoms with Crippen LogP contribution in [0.1, 0.15) is 11.1 Å². The summed E-state index contributed by atoms with van der Waals surface area (Å²) in [4.78, 5) is 16.6. The summed E-state index contributed by atoms with van der Waals surface area (Å²) in [6, 6.07) is 37.7. The van der Waals surface area contributed by atoms with Gasteiger partial charge in [0.1, 0.15) is 10.8 Å². The third-order valence-corrected chi connectivity index (χ3v) is 8.84. The number of thioether (sulfide) groups is 2. The van der Waals surface area contributed by atoms with Crippen molar-refractivity contribution in [2.24, 2.45) is 5.10 Å². The molecule has 1 saturated heterocycles. The minimum Gasteiger partial charge on any atom is -0.497 e. The molecule has 0 radical (unpaired) electrons. The first-order valence-corrected chi connectivity index (χ1v) is 13.4. The molecule has 37 heavy (non-hydrogen) atoms. The second kappa shape index (κ2) is 9.84. The molecule has 0 aromatic heterocycles. The lowest BCUT2D eigenvalue weighted by molar-refractivity contribution is -0.114. The monoisotopic (exact) mass is 521 g/mol. The van der Waals surface area contributed by atoms with Crippen molar-refractivity contribution in [2.45, 2.75) is 4.33 Å². The Kier molecular flexibility index (Phi) is 6.24. The third-order valence-electron chi connectivity index (χ3n) is 6.08. The van der Waals surface area contributed by atoms with E-state index in [-0.39, 0.29) is 5.91 Å². The van der Waals surface area contributed by atoms with Crippen molar-refractivity contribution >= 4 is 51.9 Å². The summed E-state index contributed by atoms with van der Waals surface area (Å²) >= 11 is 3.11. The molecule has 0 N–H and O–H groups in total. The van der Waals surface area contributed by atoms with Gasteiger partial charge < -0.3 is 4.74 Å². The van der Waals surface area contributed by atoms with Crippen LogP contribution in [-0.2, 0) is 4.79 Å². The fraction of sp³-hybridized carbons (Fsp3) is 0.0667. The van der Waals surface area contributed by atoms with Gasteiger partial charge in [-0.05, 0) is 59.8 Å². The Labute approximate surface area is 224 Å². The van der Waals surface area contributed by atoms with Gasteiger partial charge >= 0.3 is 0 Å². The van der Waals surface area contributed by atoms with Crippen LogP contribution in [0, 0.1) is 0 Å². The Hall–Kier alpha value is -3.94. The molecule has 0 saturated carbocycles. The number of benzene rings is 4. The van der Waals surface area contributed by atoms with Crippen molar-refractivity contribution in [3.8, 4) is 5.75 Å². The van der Waals surface area contributed by atoms with Crippen LogP contribution in [0.4, 0.5) is 11.4 Å². The third kappa shape index (κ3) is 4.30. The average molecular weight is 522 g/mol. The van der Waals surface area contributed by atoms with Crippen LogP contribution in [-0.4, -0.2) is 22.4 Å². The number of hydrazone groups is 1. The predicted molar refractivity (Wildman–Crippen MR) is 155 cm³/mol. The highest BCUT2D eigenvalue weighted by atomic mass is 32.2. The minimum absolute atomic E-state index is 0.0649. The van der Waals surface area contributed by atoms with Gasteiger partial charge in [-0.25, -0.2) is 5.01 Å². The molecular formula is C30H23N3O2S2. The molecule has 1 atom stereocenters. The molecule has 0 aliphatic carbocycles. The van der Waals surface area contributed by atoms with Gasteiger partial charge in [0.05, 0.1) is 17.7 Å². The minimum atomic E-state index is -0.872. The molecule has 1 amide bonds. The molecule has 2 aliphatic rings. The van der Waals surface area contributed by atoms with E-state index in [1.807, 2.05) is 119 Å². The molecular weight excluding hydrogens is 498 g/mol. The van der Waals surface area contributed by atoms with Crippen molar-refractivity contribution in [1.82, 2.24) is 0 Å². The summed E-state index contributed by atoms with van der Waals surface area (Å²) < 4.78 is 4.43. The lowest BCUT2D eigenvalue weighted by atomic mass is 10.2. The van der Waals surface area contributed by atoms with Crippen molar-refractivity contribution in [3.05, 3.63) is 131 Å². The summed E-state index contributed by atoms with van der Waals surface area (Å²) in [6.07, 6.45) is 1.95. The summed E-state index contributed by atoms with van der Waals surface area (Å²) in [5.41, 5.74) is 3.67. The zero-order chi connectivity index (χ0) is 25.2. The molecule has 6 rings (SSSR count). The van der Waals surface area contributed by atoms with Crippen molar-refractivity contribution in [1.29, 1.82) is 0 Å². The number of para-hydroxylation sites is 2. The van der Waals surface area contributed by atoms with Crippen LogP contribution >= 0.6 is 23.5 Å². The second-order valence-electron chi connectivity index (χ2n) is 8.43. The second-order valence-corrected chi connectivity index (χ2v) is 11.1. The lowest BCUT2D eigenvalue weighted by Crippen LogP contribution is -2.51. The summed E-state index contributed by atoms with van der Waals surface area (Å²) in [7, 11) is 1.64. The Morgan fingerprint density at radius 1 is 0.757 bits per heavy atom. The zero-order valence-corrected chi connectivity index (χ0v) is 21.7. The number of carbonyl (C=O) groups is 1. The fourth-order valence-electron chi connectivity index (χ4n) is 4.31. The quantitative estimate of drug-likeness (QED) is 0.264. The molecule has 5 nitrogen and oxygen atoms in total. The van der Waals surface area contributed by atoms with Gasteiger partial charge in [-0.15, -0.1) is 0 Å². The van der Waals surface area contributed by atoms with Gasteiger partial charge in [-0.3, -0.25) is 9.69 Å². The van der Waals surface area contributed by atoms with E-state index in [9.17, 15) is 4.79 Å². The molecule has 7 heteroatoms. The van der Waals surface area contributed by atoms with E-state index >= 15 is 0 Å². The van der Waals surface area contributed by atoms with Crippen molar-refractivity contribution < 1.29 is 9.53 Å². The molecule has 4 aromatic rings. The van der Waals surface area contributed by atoms with Crippen molar-refractivity contribution in [2.75, 3.05) is 17.0 Å². The lowest BCUT2D eigenvalue weighted by Gasteiger charge is -2.38. The molecule has 1 fully saturated rings. The Morgan fingerprint density at radius 2 is 1.35 bits per heavy atom. The normalized spacial score (nSPS) is 20.1. The maximum absolute atomic E-state index is 14.1. The number of methoxy groups -OCH3 is 1. The largest absolute Gasteiger partial charge is 0.497 e. The highest BCUT2D eigenvalue weighted by Gasteiger charge is 2.59. The van der Waals surface area contributed by atoms with Gasteiger partial charge in [0.15, 0.2) is 0 Å². The van der Waals surface area contributed by atoms with E-state index in [1.165, 1.54) is 11.8 Å². The highest BCUT2D eigenvalue weighted by molar-refractivity contribution is 8.28. The first kappa shape index (κ1) is 23.5. The molecule has 2 heterocycles. The van der Waals surface area contributed by atoms with Crippen LogP contribution in [0.3, 0.4) is 0 Å². The van der Waals surface area contributed by atoms with Gasteiger partial charge in [-0.2, -0.15) is 5.10 Å². The summed E-state index contributed by atoms with van der Waals surface area (Å²) in [5, 5.41) is 7.93. The topological polar surface area (TPSA) is 45.1 Å². The molecule has 1 spiro atoms. The van der Waals surface area contributed by atoms with E-state index in [0.29, 0.717) is 4.91 Å². The zero-order valence-electron chi connectivity index (χ0n) is 20.0. The number of carbonyl (C=O) groups excluding carboxylic acids is 1. The predicted octanol–water partition coefficient (Wildman–Crippen LogP) is 7.04. The number of ether oxygens (including phenoxy) is 1. The number of hydrogen-bond acceptors (Lipinski definition) is 6. The SMILES string of the molecule is COc1ccc(/C=C2/S[C@@]3(SC(c4ccccc4)=NN3c3ccccc3)N(c3ccccc3)C2=O)cc1. The number of hydrogen-bond donors (Lipinski definition) is 0. The van der Waals surface area contributed by atoms with E-state index in [2.05, 4.69) is 12.1 Å². The molecule has 0 bridgehead atoms. The maximum Gasteiger partial charge on any atom is 0.268 e. The van der Waals surface area contributed by atoms with Crippen LogP contribution < -0.4 is 14.6 Å². The first-order chi connectivity index (χ1) is 18.2. The van der Waals surface area contributed by atoms with E-state index in [0.717, 1.165) is 33.3 Å². The highest BCUT2D eigenvalue weighted by Crippen LogP contribution is 2.59. The Bertz CT molecular complexity index is 1480. The average Bonchev–Trinajstić information content (AvgIpc) is 3.47. The standard InChI is InChI=1S/C30H23N3O2S2/c1-35-26-19-17-22(18-20-26)21-27-29(34)32(24-13-7-3-8-14-24)30(36-27)33(25-15-9-4-10-16-25)31-28(37-30)23-11-5-2-6-12-23/h2-21H,1H3/b27-21+/t30-/m1/s1. The van der Waals surface area contributed by atoms with Crippen LogP contribution in [0.25, 0.3) is 6.08 Å². The van der Waals surface area contributed by atoms with E-state index < -0.39 is 4.33 Å². The molecule has 0 unspecified atom stereocenters. The van der Waals surface area contributed by atoms with E-state index in [1.54, 1.807) is 18.9 Å². The van der Waals surface area contributed by atoms with Gasteiger partial charge in [0.25, 0.3) is 5.91 Å². The van der Waals surface area contributed by atoms with Crippen LogP contribution in [0.2, 0.25) is 0 Å². The van der Waals surface area contributed by atoms with E-state index in [4.69, 9.17) is 9.84 Å². The van der Waals surface area contributed by atoms with Crippen LogP contribution in [0.5, 0.6) is 5.75 Å². The maximum atomic E-state index is 14.1. The smallest absolute Gasteiger partial charge is 0.268 e. The van der Waals surface area contributed by atoms with Crippen LogP contribution in [0.15, 0.2) is 125 Å². The Balaban J connectivity index is 1.50. The number of rotatable bonds is 5. The molecule has 4 aromatic carbocycles. The number of anilines is 2. The Morgan fingerprint density at radius 3 is 1.97 bits per heavy atom. The molecule has 182 valence electrons. The fourth-order valence-corrected chi connectivity index (χ4v) is 7.29. The number of nitrogens with zero attached hydrogens (tertiary/aromatic N) is 3. The van der Waals surface area contributed by atoms with Gasteiger partial charge in [0.2, 0.25) is 4.33 Å². The summed E-state index contributed by atoms with van der Waals surface area (Å²) in [5.74, 6) is 0.711. The van der Waals surface area contributed by atoms with Gasteiger partial charge in [0, 0.05) is 11.3 Å². The first-order valence-electron chi connectivity index (χ1n) is 11.8. The summed E-state index contributed by atoms with van der Waals surface area (Å²) in [6.45, 7) is 0. The van der Waals surface area contributed by atoms with Gasteiger partial charge in [-0.1, -0.05) is 90.6 Å². The van der Waals surface area contributed by atoms with Crippen molar-refractivity contribution in [3.63, 3.8) is 0 Å². The molecule has 2 aliphatic heterocycles.